The predicted octanol–water partition coefficient (Wildman–Crippen LogP) is 8.44. The van der Waals surface area contributed by atoms with Crippen molar-refractivity contribution in [2.24, 2.45) is 0 Å². The molecule has 1 atom stereocenters. The Bertz CT molecular complexity index is 1520. The Labute approximate surface area is 236 Å². The van der Waals surface area contributed by atoms with E-state index in [1.54, 1.807) is 24.1 Å². The first-order valence-electron chi connectivity index (χ1n) is 12.8. The van der Waals surface area contributed by atoms with E-state index in [0.717, 1.165) is 39.5 Å². The number of ether oxygens (including phenoxy) is 1. The van der Waals surface area contributed by atoms with Crippen LogP contribution in [0.4, 0.5) is 0 Å². The van der Waals surface area contributed by atoms with Crippen LogP contribution in [0.15, 0.2) is 122 Å². The molecule has 1 aromatic heterocycles. The van der Waals surface area contributed by atoms with Crippen LogP contribution in [0.1, 0.15) is 28.5 Å². The van der Waals surface area contributed by atoms with Crippen LogP contribution in [0, 0.1) is 6.92 Å². The molecule has 4 rings (SSSR count). The highest BCUT2D eigenvalue weighted by molar-refractivity contribution is 6.31. The molecule has 0 aliphatic rings. The Morgan fingerprint density at radius 2 is 1.79 bits per heavy atom. The Kier molecular flexibility index (Phi) is 8.90. The summed E-state index contributed by atoms with van der Waals surface area (Å²) < 4.78 is 8.37. The van der Waals surface area contributed by atoms with Crippen LogP contribution in [-0.4, -0.2) is 28.5 Å². The molecule has 4 aromatic rings. The highest BCUT2D eigenvalue weighted by Crippen LogP contribution is 2.36. The fourth-order valence-electron chi connectivity index (χ4n) is 4.55. The summed E-state index contributed by atoms with van der Waals surface area (Å²) in [5.74, 6) is 0.650. The number of hydrogen-bond acceptors (Lipinski definition) is 2. The van der Waals surface area contributed by atoms with Crippen molar-refractivity contribution in [1.82, 2.24) is 9.47 Å². The molecule has 0 fully saturated rings. The van der Waals surface area contributed by atoms with Crippen LogP contribution in [-0.2, 0) is 6.61 Å². The Morgan fingerprint density at radius 1 is 1.03 bits per heavy atom. The van der Waals surface area contributed by atoms with Gasteiger partial charge in [0, 0.05) is 34.6 Å². The van der Waals surface area contributed by atoms with Crippen molar-refractivity contribution in [3.63, 3.8) is 0 Å². The second kappa shape index (κ2) is 12.5. The van der Waals surface area contributed by atoms with Crippen molar-refractivity contribution >= 4 is 17.5 Å². The minimum absolute atomic E-state index is 0.0813. The zero-order valence-corrected chi connectivity index (χ0v) is 23.4. The lowest BCUT2D eigenvalue weighted by molar-refractivity contribution is 0.0765. The van der Waals surface area contributed by atoms with E-state index in [1.807, 2.05) is 92.7 Å². The standard InChI is InChI=1S/C34H33ClN2O2/c1-6-12-27(7-2)25(4)36(5)34(38)28-15-11-16-30(21-28)37-24(3)17-19-32(37)31-22-29(35)18-20-33(31)39-23-26-13-9-8-10-14-26/h6-22,25H,1-2,23H2,3-5H3/b27-12+. The van der Waals surface area contributed by atoms with Gasteiger partial charge in [0.1, 0.15) is 12.4 Å². The second-order valence-corrected chi connectivity index (χ2v) is 9.80. The average molecular weight is 537 g/mol. The molecular formula is C34H33ClN2O2. The van der Waals surface area contributed by atoms with Crippen molar-refractivity contribution in [2.45, 2.75) is 26.5 Å². The molecule has 0 saturated heterocycles. The summed E-state index contributed by atoms with van der Waals surface area (Å²) in [6, 6.07) is 27.3. The Morgan fingerprint density at radius 3 is 2.51 bits per heavy atom. The van der Waals surface area contributed by atoms with Crippen LogP contribution in [0.25, 0.3) is 16.9 Å². The van der Waals surface area contributed by atoms with Crippen molar-refractivity contribution < 1.29 is 9.53 Å². The number of aromatic nitrogens is 1. The zero-order valence-electron chi connectivity index (χ0n) is 22.6. The number of rotatable bonds is 10. The molecule has 0 bridgehead atoms. The van der Waals surface area contributed by atoms with Gasteiger partial charge in [-0.1, -0.05) is 79.4 Å². The number of hydrogen-bond donors (Lipinski definition) is 0. The number of carbonyl (C=O) groups is 1. The molecule has 1 unspecified atom stereocenters. The largest absolute Gasteiger partial charge is 0.488 e. The van der Waals surface area contributed by atoms with Crippen LogP contribution in [0.3, 0.4) is 0 Å². The van der Waals surface area contributed by atoms with E-state index in [2.05, 4.69) is 29.9 Å². The topological polar surface area (TPSA) is 34.5 Å². The van der Waals surface area contributed by atoms with E-state index in [9.17, 15) is 4.79 Å². The Hall–Kier alpha value is -4.28. The fraction of sp³-hybridized carbons (Fsp3) is 0.147. The number of halogens is 1. The van der Waals surface area contributed by atoms with E-state index >= 15 is 0 Å². The van der Waals surface area contributed by atoms with Crippen LogP contribution in [0.5, 0.6) is 5.75 Å². The quantitative estimate of drug-likeness (QED) is 0.190. The normalized spacial score (nSPS) is 12.1. The summed E-state index contributed by atoms with van der Waals surface area (Å²) >= 11 is 6.45. The maximum Gasteiger partial charge on any atom is 0.254 e. The lowest BCUT2D eigenvalue weighted by Gasteiger charge is -2.26. The highest BCUT2D eigenvalue weighted by Gasteiger charge is 2.21. The molecule has 1 heterocycles. The van der Waals surface area contributed by atoms with Crippen molar-refractivity contribution in [3.8, 4) is 22.7 Å². The second-order valence-electron chi connectivity index (χ2n) is 9.36. The van der Waals surface area contributed by atoms with Gasteiger partial charge in [-0.2, -0.15) is 0 Å². The third-order valence-electron chi connectivity index (χ3n) is 6.81. The van der Waals surface area contributed by atoms with E-state index in [-0.39, 0.29) is 11.9 Å². The zero-order chi connectivity index (χ0) is 27.9. The molecule has 4 nitrogen and oxygen atoms in total. The maximum absolute atomic E-state index is 13.5. The van der Waals surface area contributed by atoms with Gasteiger partial charge in [-0.25, -0.2) is 0 Å². The van der Waals surface area contributed by atoms with Crippen molar-refractivity contribution in [2.75, 3.05) is 7.05 Å². The molecule has 1 amide bonds. The molecule has 0 saturated carbocycles. The first-order valence-corrected chi connectivity index (χ1v) is 13.2. The van der Waals surface area contributed by atoms with E-state index in [1.165, 1.54) is 0 Å². The van der Waals surface area contributed by atoms with Crippen molar-refractivity contribution in [3.05, 3.63) is 144 Å². The van der Waals surface area contributed by atoms with Gasteiger partial charge in [-0.05, 0) is 73.5 Å². The number of carbonyl (C=O) groups excluding carboxylic acids is 1. The van der Waals surface area contributed by atoms with Gasteiger partial charge >= 0.3 is 0 Å². The minimum atomic E-state index is -0.156. The van der Waals surface area contributed by atoms with Gasteiger partial charge in [0.25, 0.3) is 5.91 Å². The monoisotopic (exact) mass is 536 g/mol. The summed E-state index contributed by atoms with van der Waals surface area (Å²) in [6.45, 7) is 12.1. The summed E-state index contributed by atoms with van der Waals surface area (Å²) in [5.41, 5.74) is 6.29. The van der Waals surface area contributed by atoms with Gasteiger partial charge in [0.05, 0.1) is 11.7 Å². The minimum Gasteiger partial charge on any atom is -0.488 e. The summed E-state index contributed by atoms with van der Waals surface area (Å²) in [4.78, 5) is 15.2. The lowest BCUT2D eigenvalue weighted by Crippen LogP contribution is -2.36. The molecular weight excluding hydrogens is 504 g/mol. The molecule has 0 radical (unpaired) electrons. The highest BCUT2D eigenvalue weighted by atomic mass is 35.5. The maximum atomic E-state index is 13.5. The van der Waals surface area contributed by atoms with Gasteiger partial charge in [-0.3, -0.25) is 4.79 Å². The summed E-state index contributed by atoms with van der Waals surface area (Å²) in [5, 5.41) is 0.618. The average Bonchev–Trinajstić information content (AvgIpc) is 3.35. The van der Waals surface area contributed by atoms with Gasteiger partial charge in [-0.15, -0.1) is 0 Å². The van der Waals surface area contributed by atoms with Gasteiger partial charge < -0.3 is 14.2 Å². The van der Waals surface area contributed by atoms with E-state index in [0.29, 0.717) is 17.2 Å². The molecule has 0 N–H and O–H groups in total. The van der Waals surface area contributed by atoms with E-state index < -0.39 is 0 Å². The summed E-state index contributed by atoms with van der Waals surface area (Å²) in [7, 11) is 1.80. The molecule has 0 aliphatic heterocycles. The molecule has 0 aliphatic carbocycles. The number of nitrogens with zero attached hydrogens (tertiary/aromatic N) is 2. The third-order valence-corrected chi connectivity index (χ3v) is 7.05. The molecule has 3 aromatic carbocycles. The third kappa shape index (κ3) is 6.24. The number of benzene rings is 3. The number of likely N-dealkylation sites (N-methyl/N-ethyl adjacent to an activating group) is 1. The Balaban J connectivity index is 1.70. The van der Waals surface area contributed by atoms with Crippen molar-refractivity contribution in [1.29, 1.82) is 0 Å². The van der Waals surface area contributed by atoms with Gasteiger partial charge in [0.2, 0.25) is 0 Å². The van der Waals surface area contributed by atoms with Crippen LogP contribution in [0.2, 0.25) is 5.02 Å². The summed E-state index contributed by atoms with van der Waals surface area (Å²) in [6.07, 6.45) is 5.33. The van der Waals surface area contributed by atoms with Crippen LogP contribution < -0.4 is 4.74 Å². The number of aryl methyl sites for hydroxylation is 1. The lowest BCUT2D eigenvalue weighted by atomic mass is 10.1. The predicted molar refractivity (Wildman–Crippen MR) is 162 cm³/mol. The number of allylic oxidation sites excluding steroid dienone is 2. The molecule has 0 spiro atoms. The van der Waals surface area contributed by atoms with Gasteiger partial charge in [0.15, 0.2) is 0 Å². The molecule has 39 heavy (non-hydrogen) atoms. The SMILES string of the molecule is C=C/C=C(\C=C)C(C)N(C)C(=O)c1cccc(-n2c(C)ccc2-c2cc(Cl)ccc2OCc2ccccc2)c1. The molecule has 5 heteroatoms. The smallest absolute Gasteiger partial charge is 0.254 e. The first kappa shape index (κ1) is 27.7. The first-order chi connectivity index (χ1) is 18.8. The van der Waals surface area contributed by atoms with E-state index in [4.69, 9.17) is 16.3 Å². The number of amides is 1. The van der Waals surface area contributed by atoms with Crippen LogP contribution >= 0.6 is 11.6 Å². The molecule has 198 valence electrons. The fourth-order valence-corrected chi connectivity index (χ4v) is 4.72.